The summed E-state index contributed by atoms with van der Waals surface area (Å²) in [6.07, 6.45) is -0.566. The number of aryl methyl sites for hydroxylation is 1. The number of aromatic nitrogens is 2. The van der Waals surface area contributed by atoms with E-state index in [4.69, 9.17) is 0 Å². The van der Waals surface area contributed by atoms with E-state index in [1.807, 2.05) is 0 Å². The molecule has 0 aliphatic carbocycles. The van der Waals surface area contributed by atoms with Crippen LogP contribution in [0.2, 0.25) is 0 Å². The molecule has 0 spiro atoms. The number of amides is 2. The number of anilines is 1. The van der Waals surface area contributed by atoms with E-state index in [9.17, 15) is 19.1 Å². The molecule has 1 aromatic heterocycles. The number of urea groups is 1. The Bertz CT molecular complexity index is 1050. The van der Waals surface area contributed by atoms with Gasteiger partial charge in [0.15, 0.2) is 0 Å². The molecule has 146 valence electrons. The number of H-pyrrole nitrogens is 1. The van der Waals surface area contributed by atoms with E-state index in [1.165, 1.54) is 24.3 Å². The Morgan fingerprint density at radius 1 is 1.25 bits per heavy atom. The first kappa shape index (κ1) is 19.5. The molecule has 28 heavy (non-hydrogen) atoms. The highest BCUT2D eigenvalue weighted by Gasteiger charge is 2.15. The van der Waals surface area contributed by atoms with Crippen molar-refractivity contribution in [2.75, 3.05) is 5.32 Å². The lowest BCUT2D eigenvalue weighted by Crippen LogP contribution is -2.37. The van der Waals surface area contributed by atoms with Gasteiger partial charge in [-0.05, 0) is 56.2 Å². The maximum Gasteiger partial charge on any atom is 0.319 e. The zero-order valence-corrected chi connectivity index (χ0v) is 15.5. The molecule has 7 nitrogen and oxygen atoms in total. The van der Waals surface area contributed by atoms with Crippen molar-refractivity contribution in [1.29, 1.82) is 0 Å². The van der Waals surface area contributed by atoms with E-state index in [0.717, 1.165) is 0 Å². The third kappa shape index (κ3) is 4.72. The van der Waals surface area contributed by atoms with E-state index in [2.05, 4.69) is 20.6 Å². The Labute approximate surface area is 160 Å². The Balaban J connectivity index is 1.61. The van der Waals surface area contributed by atoms with Gasteiger partial charge in [0.25, 0.3) is 5.56 Å². The molecule has 2 amide bonds. The Morgan fingerprint density at radius 2 is 1.96 bits per heavy atom. The van der Waals surface area contributed by atoms with Gasteiger partial charge in [-0.3, -0.25) is 4.79 Å². The summed E-state index contributed by atoms with van der Waals surface area (Å²) in [5.74, 6) is 0.144. The SMILES string of the molecule is Cc1nc2ccc(NC(=O)NC(C)CC(O)c3ccc(F)cc3)cc2c(=O)[nH]1. The molecule has 3 aromatic rings. The summed E-state index contributed by atoms with van der Waals surface area (Å²) in [5, 5.41) is 16.0. The van der Waals surface area contributed by atoms with Gasteiger partial charge in [-0.1, -0.05) is 12.1 Å². The summed E-state index contributed by atoms with van der Waals surface area (Å²) in [7, 11) is 0. The predicted molar refractivity (Wildman–Crippen MR) is 105 cm³/mol. The van der Waals surface area contributed by atoms with E-state index in [1.54, 1.807) is 32.0 Å². The largest absolute Gasteiger partial charge is 0.388 e. The average Bonchev–Trinajstić information content (AvgIpc) is 2.62. The van der Waals surface area contributed by atoms with E-state index in [-0.39, 0.29) is 23.8 Å². The number of nitrogens with zero attached hydrogens (tertiary/aromatic N) is 1. The number of nitrogens with one attached hydrogen (secondary N) is 3. The average molecular weight is 384 g/mol. The maximum atomic E-state index is 13.0. The maximum absolute atomic E-state index is 13.0. The van der Waals surface area contributed by atoms with Crippen LogP contribution in [0.25, 0.3) is 10.9 Å². The lowest BCUT2D eigenvalue weighted by Gasteiger charge is -2.18. The second kappa shape index (κ2) is 8.18. The fraction of sp³-hybridized carbons (Fsp3) is 0.250. The van der Waals surface area contributed by atoms with Crippen LogP contribution in [0.4, 0.5) is 14.9 Å². The molecule has 0 saturated carbocycles. The van der Waals surface area contributed by atoms with Crippen LogP contribution in [-0.2, 0) is 0 Å². The summed E-state index contributed by atoms with van der Waals surface area (Å²) in [4.78, 5) is 31.1. The summed E-state index contributed by atoms with van der Waals surface area (Å²) in [6, 6.07) is 9.65. The Morgan fingerprint density at radius 3 is 2.68 bits per heavy atom. The number of hydrogen-bond donors (Lipinski definition) is 4. The fourth-order valence-electron chi connectivity index (χ4n) is 2.94. The van der Waals surface area contributed by atoms with Gasteiger partial charge in [-0.15, -0.1) is 0 Å². The monoisotopic (exact) mass is 384 g/mol. The molecular weight excluding hydrogens is 363 g/mol. The summed E-state index contributed by atoms with van der Waals surface area (Å²) < 4.78 is 13.0. The van der Waals surface area contributed by atoms with Crippen LogP contribution in [0.15, 0.2) is 47.3 Å². The molecule has 8 heteroatoms. The number of aliphatic hydroxyl groups excluding tert-OH is 1. The number of hydrogen-bond acceptors (Lipinski definition) is 4. The molecule has 0 bridgehead atoms. The number of benzene rings is 2. The lowest BCUT2D eigenvalue weighted by molar-refractivity contribution is 0.155. The number of aliphatic hydroxyl groups is 1. The van der Waals surface area contributed by atoms with Crippen molar-refractivity contribution < 1.29 is 14.3 Å². The van der Waals surface area contributed by atoms with Gasteiger partial charge < -0.3 is 20.7 Å². The summed E-state index contributed by atoms with van der Waals surface area (Å²) >= 11 is 0. The van der Waals surface area contributed by atoms with Crippen molar-refractivity contribution in [2.24, 2.45) is 0 Å². The summed E-state index contributed by atoms with van der Waals surface area (Å²) in [5.41, 5.74) is 1.30. The van der Waals surface area contributed by atoms with Crippen LogP contribution in [0.5, 0.6) is 0 Å². The highest BCUT2D eigenvalue weighted by molar-refractivity contribution is 5.92. The minimum atomic E-state index is -0.829. The molecule has 0 saturated heterocycles. The molecule has 2 aromatic carbocycles. The highest BCUT2D eigenvalue weighted by Crippen LogP contribution is 2.19. The normalized spacial score (nSPS) is 13.1. The first-order valence-corrected chi connectivity index (χ1v) is 8.83. The van der Waals surface area contributed by atoms with Crippen molar-refractivity contribution >= 4 is 22.6 Å². The molecule has 2 unspecified atom stereocenters. The molecule has 1 heterocycles. The van der Waals surface area contributed by atoms with Crippen LogP contribution in [-0.4, -0.2) is 27.1 Å². The molecule has 0 radical (unpaired) electrons. The number of aromatic amines is 1. The van der Waals surface area contributed by atoms with E-state index in [0.29, 0.717) is 28.0 Å². The van der Waals surface area contributed by atoms with Crippen molar-refractivity contribution in [3.8, 4) is 0 Å². The van der Waals surface area contributed by atoms with Crippen molar-refractivity contribution in [2.45, 2.75) is 32.4 Å². The Kier molecular flexibility index (Phi) is 5.70. The number of carbonyl (C=O) groups is 1. The second-order valence-corrected chi connectivity index (χ2v) is 6.69. The van der Waals surface area contributed by atoms with Gasteiger partial charge in [0, 0.05) is 11.7 Å². The molecule has 3 rings (SSSR count). The molecule has 0 fully saturated rings. The smallest absolute Gasteiger partial charge is 0.319 e. The zero-order chi connectivity index (χ0) is 20.3. The van der Waals surface area contributed by atoms with E-state index >= 15 is 0 Å². The quantitative estimate of drug-likeness (QED) is 0.542. The van der Waals surface area contributed by atoms with Crippen molar-refractivity contribution in [3.63, 3.8) is 0 Å². The van der Waals surface area contributed by atoms with Gasteiger partial charge in [-0.2, -0.15) is 0 Å². The van der Waals surface area contributed by atoms with Gasteiger partial charge in [-0.25, -0.2) is 14.2 Å². The number of rotatable bonds is 5. The molecule has 4 N–H and O–H groups in total. The summed E-state index contributed by atoms with van der Waals surface area (Å²) in [6.45, 7) is 3.45. The van der Waals surface area contributed by atoms with Gasteiger partial charge in [0.05, 0.1) is 17.0 Å². The number of halogens is 1. The highest BCUT2D eigenvalue weighted by atomic mass is 19.1. The third-order valence-corrected chi connectivity index (χ3v) is 4.29. The van der Waals surface area contributed by atoms with Crippen LogP contribution in [0.3, 0.4) is 0 Å². The fourth-order valence-corrected chi connectivity index (χ4v) is 2.94. The lowest BCUT2D eigenvalue weighted by atomic mass is 10.0. The molecule has 0 aliphatic rings. The minimum Gasteiger partial charge on any atom is -0.388 e. The molecule has 0 aliphatic heterocycles. The van der Waals surface area contributed by atoms with E-state index < -0.39 is 12.1 Å². The van der Waals surface area contributed by atoms with Crippen LogP contribution < -0.4 is 16.2 Å². The molecule has 2 atom stereocenters. The zero-order valence-electron chi connectivity index (χ0n) is 15.5. The minimum absolute atomic E-state index is 0.264. The third-order valence-electron chi connectivity index (χ3n) is 4.29. The number of carbonyl (C=O) groups excluding carboxylic acids is 1. The van der Waals surface area contributed by atoms with Gasteiger partial charge in [0.1, 0.15) is 11.6 Å². The van der Waals surface area contributed by atoms with Crippen LogP contribution in [0, 0.1) is 12.7 Å². The Hall–Kier alpha value is -3.26. The number of fused-ring (bicyclic) bond motifs is 1. The predicted octanol–water partition coefficient (Wildman–Crippen LogP) is 3.00. The van der Waals surface area contributed by atoms with Crippen molar-refractivity contribution in [3.05, 3.63) is 70.0 Å². The van der Waals surface area contributed by atoms with Crippen molar-refractivity contribution in [1.82, 2.24) is 15.3 Å². The topological polar surface area (TPSA) is 107 Å². The van der Waals surface area contributed by atoms with Crippen LogP contribution >= 0.6 is 0 Å². The van der Waals surface area contributed by atoms with Gasteiger partial charge in [0.2, 0.25) is 0 Å². The second-order valence-electron chi connectivity index (χ2n) is 6.69. The first-order valence-electron chi connectivity index (χ1n) is 8.83. The molecular formula is C20H21FN4O3. The first-order chi connectivity index (χ1) is 13.3. The standard InChI is InChI=1S/C20H21FN4O3/c1-11(9-18(26)13-3-5-14(21)6-4-13)22-20(28)25-15-7-8-17-16(10-15)19(27)24-12(2)23-17/h3-8,10-11,18,26H,9H2,1-2H3,(H2,22,25,28)(H,23,24,27). The van der Waals surface area contributed by atoms with Crippen LogP contribution in [0.1, 0.15) is 30.8 Å². The van der Waals surface area contributed by atoms with Gasteiger partial charge >= 0.3 is 6.03 Å².